The van der Waals surface area contributed by atoms with Crippen LogP contribution >= 0.6 is 0 Å². The Balaban J connectivity index is 0.000000321. The molecule has 0 aromatic heterocycles. The first-order chi connectivity index (χ1) is 28.8. The number of aliphatic hydroxyl groups excluding tert-OH is 3. The van der Waals surface area contributed by atoms with Gasteiger partial charge in [-0.1, -0.05) is 108 Å². The van der Waals surface area contributed by atoms with E-state index >= 15 is 0 Å². The summed E-state index contributed by atoms with van der Waals surface area (Å²) in [5, 5.41) is 49.3. The third-order valence-electron chi connectivity index (χ3n) is 11.9. The smallest absolute Gasteiger partial charge is 0.120 e. The third-order valence-corrected chi connectivity index (χ3v) is 11.9. The summed E-state index contributed by atoms with van der Waals surface area (Å²) in [5.41, 5.74) is 9.95. The van der Waals surface area contributed by atoms with E-state index in [4.69, 9.17) is 9.47 Å². The van der Waals surface area contributed by atoms with Crippen molar-refractivity contribution in [3.8, 4) is 11.5 Å². The quantitative estimate of drug-likeness (QED) is 0.0501. The molecule has 5 N–H and O–H groups in total. The Morgan fingerprint density at radius 2 is 1.15 bits per heavy atom. The van der Waals surface area contributed by atoms with Crippen molar-refractivity contribution >= 4 is 11.1 Å². The topological polar surface area (TPSA) is 120 Å². The van der Waals surface area contributed by atoms with E-state index in [-0.39, 0.29) is 19.8 Å². The normalized spacial score (nSPS) is 12.6. The Morgan fingerprint density at radius 3 is 1.72 bits per heavy atom. The summed E-state index contributed by atoms with van der Waals surface area (Å²) in [6, 6.07) is 27.9. The van der Waals surface area contributed by atoms with Gasteiger partial charge in [-0.25, -0.2) is 0 Å². The van der Waals surface area contributed by atoms with E-state index in [2.05, 4.69) is 70.2 Å². The molecule has 7 heteroatoms. The highest BCUT2D eigenvalue weighted by Crippen LogP contribution is 2.29. The molecule has 0 radical (unpaired) electrons. The first kappa shape index (κ1) is 49.9. The minimum Gasteiger partial charge on any atom is -0.489 e. The third kappa shape index (κ3) is 14.9. The van der Waals surface area contributed by atoms with Crippen LogP contribution in [0.25, 0.3) is 11.1 Å². The van der Waals surface area contributed by atoms with Crippen molar-refractivity contribution in [2.24, 2.45) is 0 Å². The van der Waals surface area contributed by atoms with E-state index in [9.17, 15) is 25.5 Å². The van der Waals surface area contributed by atoms with Crippen molar-refractivity contribution in [3.05, 3.63) is 153 Å². The molecule has 326 valence electrons. The Kier molecular flexibility index (Phi) is 21.0. The lowest BCUT2D eigenvalue weighted by Gasteiger charge is -2.26. The van der Waals surface area contributed by atoms with Crippen molar-refractivity contribution in [2.45, 2.75) is 151 Å². The Bertz CT molecular complexity index is 2000. The van der Waals surface area contributed by atoms with Crippen molar-refractivity contribution < 1.29 is 35.0 Å². The molecule has 0 bridgehead atoms. The first-order valence-electron chi connectivity index (χ1n) is 21.8. The molecule has 0 heterocycles. The lowest BCUT2D eigenvalue weighted by molar-refractivity contribution is 0.0246. The van der Waals surface area contributed by atoms with Gasteiger partial charge in [0.05, 0.1) is 31.0 Å². The van der Waals surface area contributed by atoms with Gasteiger partial charge >= 0.3 is 0 Å². The monoisotopic (exact) mass is 821 g/mol. The van der Waals surface area contributed by atoms with Crippen LogP contribution in [0.3, 0.4) is 0 Å². The molecular formula is C53H72O7. The Labute approximate surface area is 360 Å². The molecule has 0 aliphatic rings. The number of benzene rings is 4. The minimum absolute atomic E-state index is 0.0498. The van der Waals surface area contributed by atoms with Crippen LogP contribution < -0.4 is 9.47 Å². The highest BCUT2D eigenvalue weighted by Gasteiger charge is 2.24. The molecule has 0 atom stereocenters. The number of allylic oxidation sites excluding steroid dienone is 5. The predicted molar refractivity (Wildman–Crippen MR) is 248 cm³/mol. The maximum atomic E-state index is 10.7. The van der Waals surface area contributed by atoms with Crippen LogP contribution in [0.4, 0.5) is 0 Å². The van der Waals surface area contributed by atoms with Crippen LogP contribution in [0.15, 0.2) is 109 Å². The van der Waals surface area contributed by atoms with E-state index < -0.39 is 11.2 Å². The van der Waals surface area contributed by atoms with Gasteiger partial charge in [0.1, 0.15) is 24.7 Å². The van der Waals surface area contributed by atoms with Gasteiger partial charge in [-0.2, -0.15) is 0 Å². The Morgan fingerprint density at radius 1 is 0.583 bits per heavy atom. The van der Waals surface area contributed by atoms with Gasteiger partial charge in [0.2, 0.25) is 0 Å². The SMILES string of the molecule is CC/C(=C\C=C(/C)C(O)(CC)CC)c1cccc(OCc2ccc(CO)c(CO)c2)c1.CCC(=CCCC(O)(CC)CC)c1cccc(COc2ccc(CO)c(C)c2)c1. The second-order valence-electron chi connectivity index (χ2n) is 15.7. The summed E-state index contributed by atoms with van der Waals surface area (Å²) in [6.07, 6.45) is 12.9. The number of ether oxygens (including phenoxy) is 2. The second kappa shape index (κ2) is 25.3. The summed E-state index contributed by atoms with van der Waals surface area (Å²) in [6.45, 7) is 17.1. The maximum Gasteiger partial charge on any atom is 0.120 e. The van der Waals surface area contributed by atoms with Crippen molar-refractivity contribution in [3.63, 3.8) is 0 Å². The lowest BCUT2D eigenvalue weighted by Crippen LogP contribution is -2.27. The van der Waals surface area contributed by atoms with Crippen molar-refractivity contribution in [2.75, 3.05) is 0 Å². The molecule has 0 saturated carbocycles. The first-order valence-corrected chi connectivity index (χ1v) is 21.8. The van der Waals surface area contributed by atoms with Crippen LogP contribution in [-0.2, 0) is 33.0 Å². The zero-order valence-corrected chi connectivity index (χ0v) is 37.6. The van der Waals surface area contributed by atoms with Crippen LogP contribution in [0.2, 0.25) is 0 Å². The second-order valence-corrected chi connectivity index (χ2v) is 15.7. The fourth-order valence-corrected chi connectivity index (χ4v) is 7.18. The van der Waals surface area contributed by atoms with Crippen molar-refractivity contribution in [1.82, 2.24) is 0 Å². The van der Waals surface area contributed by atoms with Crippen LogP contribution in [-0.4, -0.2) is 36.7 Å². The highest BCUT2D eigenvalue weighted by atomic mass is 16.5. The van der Waals surface area contributed by atoms with Gasteiger partial charge in [0.25, 0.3) is 0 Å². The van der Waals surface area contributed by atoms with Gasteiger partial charge in [-0.05, 0) is 163 Å². The number of hydrogen-bond donors (Lipinski definition) is 5. The summed E-state index contributed by atoms with van der Waals surface area (Å²) in [7, 11) is 0. The molecule has 4 aromatic carbocycles. The standard InChI is InChI=1S/C27H36O4.C26H36O3/c1-5-22(13-11-20(4)27(30,6-2)7-3)23-9-8-10-26(16-23)31-19-21-12-14-24(17-28)25(15-21)18-29;1-5-22(12-9-15-26(28,6-2)7-3)23-11-8-10-21(17-23)19-29-25-14-13-24(18-27)20(4)16-25/h8-16,28-30H,5-7,17-19H2,1-4H3;8,10-14,16-17,27-28H,5-7,9,15,18-19H2,1-4H3/b20-11+,22-13+;. The molecule has 60 heavy (non-hydrogen) atoms. The Hall–Kier alpha value is -4.50. The number of aryl methyl sites for hydroxylation is 1. The van der Waals surface area contributed by atoms with Crippen LogP contribution in [0.1, 0.15) is 144 Å². The van der Waals surface area contributed by atoms with Crippen molar-refractivity contribution in [1.29, 1.82) is 0 Å². The van der Waals surface area contributed by atoms with Crippen LogP contribution in [0.5, 0.6) is 11.5 Å². The average molecular weight is 821 g/mol. The molecule has 0 fully saturated rings. The molecule has 0 saturated heterocycles. The molecule has 0 amide bonds. The van der Waals surface area contributed by atoms with Gasteiger partial charge in [-0.15, -0.1) is 0 Å². The molecule has 0 aliphatic heterocycles. The minimum atomic E-state index is -0.751. The average Bonchev–Trinajstić information content (AvgIpc) is 3.29. The zero-order valence-electron chi connectivity index (χ0n) is 37.6. The molecule has 0 unspecified atom stereocenters. The molecular weight excluding hydrogens is 749 g/mol. The zero-order chi connectivity index (χ0) is 44.1. The highest BCUT2D eigenvalue weighted by molar-refractivity contribution is 5.68. The van der Waals surface area contributed by atoms with E-state index in [0.717, 1.165) is 94.5 Å². The summed E-state index contributed by atoms with van der Waals surface area (Å²) in [4.78, 5) is 0. The molecule has 0 spiro atoms. The van der Waals surface area contributed by atoms with E-state index in [0.29, 0.717) is 26.1 Å². The van der Waals surface area contributed by atoms with Gasteiger partial charge in [0, 0.05) is 0 Å². The van der Waals surface area contributed by atoms with E-state index in [1.54, 1.807) is 0 Å². The molecule has 4 aromatic rings. The number of hydrogen-bond acceptors (Lipinski definition) is 7. The fraction of sp³-hybridized carbons (Fsp3) is 0.434. The summed E-state index contributed by atoms with van der Waals surface area (Å²) < 4.78 is 11.9. The maximum absolute atomic E-state index is 10.7. The summed E-state index contributed by atoms with van der Waals surface area (Å²) in [5.74, 6) is 1.59. The molecule has 0 aliphatic carbocycles. The molecule has 7 nitrogen and oxygen atoms in total. The number of aliphatic hydroxyl groups is 5. The van der Waals surface area contributed by atoms with E-state index in [1.807, 2.05) is 88.4 Å². The van der Waals surface area contributed by atoms with E-state index in [1.165, 1.54) is 16.7 Å². The lowest BCUT2D eigenvalue weighted by atomic mass is 9.88. The number of rotatable bonds is 22. The van der Waals surface area contributed by atoms with Crippen LogP contribution in [0, 0.1) is 6.92 Å². The van der Waals surface area contributed by atoms with Gasteiger partial charge < -0.3 is 35.0 Å². The molecule has 4 rings (SSSR count). The fourth-order valence-electron chi connectivity index (χ4n) is 7.18. The van der Waals surface area contributed by atoms with Gasteiger partial charge in [-0.3, -0.25) is 0 Å². The summed E-state index contributed by atoms with van der Waals surface area (Å²) >= 11 is 0. The largest absolute Gasteiger partial charge is 0.489 e. The predicted octanol–water partition coefficient (Wildman–Crippen LogP) is 11.7. The van der Waals surface area contributed by atoms with Gasteiger partial charge in [0.15, 0.2) is 0 Å².